The highest BCUT2D eigenvalue weighted by Crippen LogP contribution is 2.32. The molecule has 1 aliphatic heterocycles. The quantitative estimate of drug-likeness (QED) is 0.366. The molecule has 0 radical (unpaired) electrons. The van der Waals surface area contributed by atoms with E-state index in [2.05, 4.69) is 24.9 Å². The topological polar surface area (TPSA) is 138 Å². The van der Waals surface area contributed by atoms with E-state index in [1.807, 2.05) is 0 Å². The standard InChI is InChI=1S/C25H30ClF3N8O5/c1-23(2,3)41-21(38)37(22(39)42-24(4,5)6)20-30-11-14(12-31-20)16-33-17(35-7-9-40-10-8-35)15-18(34-16)36(19(26)32-15)13-25(27,28)29/h11-12H,7-10,13H2,1-6H3. The van der Waals surface area contributed by atoms with Crippen LogP contribution < -0.4 is 9.80 Å². The number of imidazole rings is 1. The van der Waals surface area contributed by atoms with Gasteiger partial charge in [-0.3, -0.25) is 4.57 Å². The maximum atomic E-state index is 13.4. The van der Waals surface area contributed by atoms with Crippen molar-refractivity contribution in [3.05, 3.63) is 17.7 Å². The number of carbonyl (C=O) groups is 2. The normalized spacial score (nSPS) is 14.7. The van der Waals surface area contributed by atoms with Gasteiger partial charge in [0.25, 0.3) is 0 Å². The molecule has 228 valence electrons. The molecular formula is C25H30ClF3N8O5. The van der Waals surface area contributed by atoms with Crippen LogP contribution in [0.15, 0.2) is 12.4 Å². The number of fused-ring (bicyclic) bond motifs is 1. The molecule has 4 rings (SSSR count). The van der Waals surface area contributed by atoms with Crippen LogP contribution in [0.2, 0.25) is 5.28 Å². The van der Waals surface area contributed by atoms with Gasteiger partial charge in [0.05, 0.1) is 18.8 Å². The van der Waals surface area contributed by atoms with Crippen molar-refractivity contribution in [2.75, 3.05) is 36.1 Å². The Morgan fingerprint density at radius 2 is 1.50 bits per heavy atom. The molecule has 0 N–H and O–H groups in total. The smallest absolute Gasteiger partial charge is 0.427 e. The third kappa shape index (κ3) is 7.53. The van der Waals surface area contributed by atoms with Gasteiger partial charge in [-0.15, -0.1) is 4.90 Å². The van der Waals surface area contributed by atoms with E-state index in [4.69, 9.17) is 25.8 Å². The largest absolute Gasteiger partial charge is 0.443 e. The monoisotopic (exact) mass is 614 g/mol. The first-order valence-electron chi connectivity index (χ1n) is 12.8. The minimum Gasteiger partial charge on any atom is -0.443 e. The number of anilines is 2. The van der Waals surface area contributed by atoms with Gasteiger partial charge in [0.2, 0.25) is 11.2 Å². The first-order chi connectivity index (χ1) is 19.4. The van der Waals surface area contributed by atoms with Crippen molar-refractivity contribution in [3.63, 3.8) is 0 Å². The third-order valence-electron chi connectivity index (χ3n) is 5.43. The lowest BCUT2D eigenvalue weighted by Gasteiger charge is -2.28. The van der Waals surface area contributed by atoms with Gasteiger partial charge in [0.1, 0.15) is 17.7 Å². The molecule has 1 fully saturated rings. The number of amides is 2. The highest BCUT2D eigenvalue weighted by atomic mass is 35.5. The second-order valence-corrected chi connectivity index (χ2v) is 11.6. The summed E-state index contributed by atoms with van der Waals surface area (Å²) < 4.78 is 57.0. The zero-order chi connectivity index (χ0) is 31.0. The Morgan fingerprint density at radius 3 is 2.00 bits per heavy atom. The summed E-state index contributed by atoms with van der Waals surface area (Å²) in [5, 5.41) is -0.403. The van der Waals surface area contributed by atoms with Crippen LogP contribution in [0.1, 0.15) is 41.5 Å². The number of carbonyl (C=O) groups excluding carboxylic acids is 2. The molecule has 0 unspecified atom stereocenters. The number of morpholine rings is 1. The van der Waals surface area contributed by atoms with Crippen molar-refractivity contribution in [3.8, 4) is 11.4 Å². The van der Waals surface area contributed by atoms with Crippen LogP contribution in [0, 0.1) is 0 Å². The van der Waals surface area contributed by atoms with Crippen molar-refractivity contribution in [2.45, 2.75) is 65.5 Å². The van der Waals surface area contributed by atoms with E-state index in [-0.39, 0.29) is 34.3 Å². The van der Waals surface area contributed by atoms with Crippen molar-refractivity contribution >= 4 is 46.7 Å². The molecule has 17 heteroatoms. The lowest BCUT2D eigenvalue weighted by atomic mass is 10.2. The van der Waals surface area contributed by atoms with Crippen molar-refractivity contribution in [1.82, 2.24) is 29.5 Å². The second kappa shape index (κ2) is 11.5. The molecule has 1 saturated heterocycles. The highest BCUT2D eigenvalue weighted by molar-refractivity contribution is 6.29. The van der Waals surface area contributed by atoms with E-state index in [9.17, 15) is 22.8 Å². The van der Waals surface area contributed by atoms with Crippen molar-refractivity contribution in [1.29, 1.82) is 0 Å². The maximum Gasteiger partial charge on any atom is 0.427 e. The summed E-state index contributed by atoms with van der Waals surface area (Å²) in [6, 6.07) is 0. The summed E-state index contributed by atoms with van der Waals surface area (Å²) in [6.45, 7) is 9.88. The Kier molecular flexibility index (Phi) is 8.51. The molecule has 2 amide bonds. The van der Waals surface area contributed by atoms with Crippen molar-refractivity contribution < 1.29 is 37.0 Å². The van der Waals surface area contributed by atoms with Crippen LogP contribution in [-0.4, -0.2) is 85.4 Å². The molecule has 0 atom stereocenters. The van der Waals surface area contributed by atoms with E-state index in [1.165, 1.54) is 12.4 Å². The van der Waals surface area contributed by atoms with Gasteiger partial charge in [-0.2, -0.15) is 13.2 Å². The van der Waals surface area contributed by atoms with Crippen LogP contribution in [0.5, 0.6) is 0 Å². The molecule has 4 heterocycles. The zero-order valence-corrected chi connectivity index (χ0v) is 24.6. The van der Waals surface area contributed by atoms with Gasteiger partial charge in [-0.1, -0.05) is 0 Å². The average Bonchev–Trinajstić information content (AvgIpc) is 3.16. The summed E-state index contributed by atoms with van der Waals surface area (Å²) in [7, 11) is 0. The molecule has 0 aromatic carbocycles. The van der Waals surface area contributed by atoms with Gasteiger partial charge in [0.15, 0.2) is 22.8 Å². The number of alkyl halides is 3. The number of hydrogen-bond acceptors (Lipinski definition) is 11. The van der Waals surface area contributed by atoms with Gasteiger partial charge in [-0.25, -0.2) is 34.5 Å². The number of hydrogen-bond donors (Lipinski definition) is 0. The second-order valence-electron chi connectivity index (χ2n) is 11.3. The van der Waals surface area contributed by atoms with E-state index in [0.29, 0.717) is 31.2 Å². The molecule has 1 aliphatic rings. The summed E-state index contributed by atoms with van der Waals surface area (Å²) in [5.41, 5.74) is -1.77. The van der Waals surface area contributed by atoms with Gasteiger partial charge in [-0.05, 0) is 53.1 Å². The zero-order valence-electron chi connectivity index (χ0n) is 23.8. The summed E-state index contributed by atoms with van der Waals surface area (Å²) in [6.07, 6.45) is -4.29. The van der Waals surface area contributed by atoms with Crippen LogP contribution in [0.4, 0.5) is 34.5 Å². The van der Waals surface area contributed by atoms with E-state index in [1.54, 1.807) is 46.4 Å². The van der Waals surface area contributed by atoms with Gasteiger partial charge >= 0.3 is 18.4 Å². The number of ether oxygens (including phenoxy) is 3. The molecule has 0 bridgehead atoms. The van der Waals surface area contributed by atoms with E-state index >= 15 is 0 Å². The maximum absolute atomic E-state index is 13.4. The van der Waals surface area contributed by atoms with Crippen LogP contribution in [0.3, 0.4) is 0 Å². The van der Waals surface area contributed by atoms with Crippen LogP contribution in [0.25, 0.3) is 22.6 Å². The number of imide groups is 1. The Balaban J connectivity index is 1.79. The minimum absolute atomic E-state index is 0.0309. The van der Waals surface area contributed by atoms with E-state index < -0.39 is 41.4 Å². The number of aromatic nitrogens is 6. The number of rotatable bonds is 4. The van der Waals surface area contributed by atoms with Gasteiger partial charge in [0, 0.05) is 25.5 Å². The molecule has 13 nitrogen and oxygen atoms in total. The predicted molar refractivity (Wildman–Crippen MR) is 145 cm³/mol. The molecule has 0 saturated carbocycles. The molecular weight excluding hydrogens is 585 g/mol. The molecule has 0 aliphatic carbocycles. The molecule has 42 heavy (non-hydrogen) atoms. The van der Waals surface area contributed by atoms with Crippen molar-refractivity contribution in [2.24, 2.45) is 0 Å². The molecule has 3 aromatic heterocycles. The molecule has 3 aromatic rings. The fourth-order valence-electron chi connectivity index (χ4n) is 3.81. The Hall–Kier alpha value is -3.79. The average molecular weight is 615 g/mol. The summed E-state index contributed by atoms with van der Waals surface area (Å²) >= 11 is 6.11. The summed E-state index contributed by atoms with van der Waals surface area (Å²) in [5.74, 6) is -0.132. The number of nitrogens with zero attached hydrogens (tertiary/aromatic N) is 8. The van der Waals surface area contributed by atoms with Crippen LogP contribution in [-0.2, 0) is 20.8 Å². The van der Waals surface area contributed by atoms with E-state index in [0.717, 1.165) is 4.57 Å². The molecule has 0 spiro atoms. The Morgan fingerprint density at radius 1 is 0.952 bits per heavy atom. The lowest BCUT2D eigenvalue weighted by Crippen LogP contribution is -2.44. The first kappa shape index (κ1) is 31.2. The SMILES string of the molecule is CC(C)(C)OC(=O)N(C(=O)OC(C)(C)C)c1ncc(-c2nc(N3CCOCC3)c3nc(Cl)n(CC(F)(F)F)c3n2)cn1. The highest BCUT2D eigenvalue weighted by Gasteiger charge is 2.35. The summed E-state index contributed by atoms with van der Waals surface area (Å²) in [4.78, 5) is 49.5. The number of halogens is 4. The van der Waals surface area contributed by atoms with Gasteiger partial charge < -0.3 is 19.1 Å². The predicted octanol–water partition coefficient (Wildman–Crippen LogP) is 5.01. The lowest BCUT2D eigenvalue weighted by molar-refractivity contribution is -0.140. The first-order valence-corrected chi connectivity index (χ1v) is 13.2. The minimum atomic E-state index is -4.60. The Labute approximate surface area is 244 Å². The Bertz CT molecular complexity index is 1430. The van der Waals surface area contributed by atoms with Crippen LogP contribution >= 0.6 is 11.6 Å². The fourth-order valence-corrected chi connectivity index (χ4v) is 4.03. The fraction of sp³-hybridized carbons (Fsp3) is 0.560. The third-order valence-corrected chi connectivity index (χ3v) is 5.71.